The van der Waals surface area contributed by atoms with Gasteiger partial charge in [0.1, 0.15) is 34.2 Å². The molecule has 0 aliphatic rings. The summed E-state index contributed by atoms with van der Waals surface area (Å²) in [6.45, 7) is 5.07. The van der Waals surface area contributed by atoms with Crippen molar-refractivity contribution in [1.29, 1.82) is 0 Å². The molecule has 3 aromatic rings. The van der Waals surface area contributed by atoms with Crippen molar-refractivity contribution in [1.82, 2.24) is 0 Å². The molecule has 0 radical (unpaired) electrons. The molecule has 1 heterocycles. The quantitative estimate of drug-likeness (QED) is 0.309. The van der Waals surface area contributed by atoms with E-state index in [0.717, 1.165) is 0 Å². The molecule has 1 amide bonds. The van der Waals surface area contributed by atoms with Gasteiger partial charge in [0, 0.05) is 22.9 Å². The molecule has 31 heavy (non-hydrogen) atoms. The number of esters is 1. The summed E-state index contributed by atoms with van der Waals surface area (Å²) in [7, 11) is 0. The predicted molar refractivity (Wildman–Crippen MR) is 111 cm³/mol. The average Bonchev–Trinajstić information content (AvgIpc) is 2.98. The van der Waals surface area contributed by atoms with E-state index in [0.29, 0.717) is 22.3 Å². The van der Waals surface area contributed by atoms with Crippen LogP contribution in [0.3, 0.4) is 0 Å². The summed E-state index contributed by atoms with van der Waals surface area (Å²) in [6.07, 6.45) is -1.46. The lowest BCUT2D eigenvalue weighted by molar-refractivity contribution is 0.0636. The number of carbonyl (C=O) groups excluding carboxylic acids is 2. The molecule has 0 saturated heterocycles. The van der Waals surface area contributed by atoms with Gasteiger partial charge in [-0.3, -0.25) is 0 Å². The third-order valence-corrected chi connectivity index (χ3v) is 4.29. The second-order valence-electron chi connectivity index (χ2n) is 7.68. The number of aliphatic hydroxyl groups is 1. The van der Waals surface area contributed by atoms with Crippen LogP contribution in [0.25, 0.3) is 22.3 Å². The highest BCUT2D eigenvalue weighted by Crippen LogP contribution is 2.38. The molecule has 0 saturated carbocycles. The molecule has 9 heteroatoms. The number of primary amides is 1. The number of nitrogens with two attached hydrogens (primary N) is 2. The van der Waals surface area contributed by atoms with Gasteiger partial charge in [-0.25, -0.2) is 14.0 Å². The van der Waals surface area contributed by atoms with E-state index in [1.54, 1.807) is 12.1 Å². The zero-order valence-electron chi connectivity index (χ0n) is 17.3. The highest BCUT2D eigenvalue weighted by molar-refractivity contribution is 6.11. The number of amides is 1. The van der Waals surface area contributed by atoms with E-state index < -0.39 is 23.6 Å². The minimum absolute atomic E-state index is 0.0403. The van der Waals surface area contributed by atoms with Crippen molar-refractivity contribution >= 4 is 23.0 Å². The van der Waals surface area contributed by atoms with Crippen LogP contribution in [0, 0.1) is 5.82 Å². The van der Waals surface area contributed by atoms with Crippen LogP contribution >= 0.6 is 0 Å². The summed E-state index contributed by atoms with van der Waals surface area (Å²) in [5.74, 6) is -1.07. The summed E-state index contributed by atoms with van der Waals surface area (Å²) in [6, 6.07) is 8.38. The first-order valence-corrected chi connectivity index (χ1v) is 9.49. The van der Waals surface area contributed by atoms with Crippen LogP contribution in [-0.4, -0.2) is 29.0 Å². The maximum atomic E-state index is 13.4. The molecule has 0 aliphatic carbocycles. The lowest BCUT2D eigenvalue weighted by Crippen LogP contribution is -2.38. The zero-order valence-corrected chi connectivity index (χ0v) is 17.3. The molecule has 164 valence electrons. The van der Waals surface area contributed by atoms with E-state index >= 15 is 0 Å². The van der Waals surface area contributed by atoms with E-state index in [9.17, 15) is 19.1 Å². The SMILES string of the molecule is CC(C)Oc1cc2c(C(=O)OC(N)=O)c(-c3ccc(F)cc3)oc2cc1CC(C)(N)O. The van der Waals surface area contributed by atoms with Gasteiger partial charge in [-0.15, -0.1) is 0 Å². The zero-order chi connectivity index (χ0) is 22.9. The Morgan fingerprint density at radius 2 is 1.87 bits per heavy atom. The van der Waals surface area contributed by atoms with E-state index in [4.69, 9.17) is 20.6 Å². The average molecular weight is 430 g/mol. The number of benzene rings is 2. The Bertz CT molecular complexity index is 1130. The molecular weight excluding hydrogens is 407 g/mol. The van der Waals surface area contributed by atoms with Crippen molar-refractivity contribution in [3.05, 3.63) is 53.3 Å². The fraction of sp³-hybridized carbons (Fsp3) is 0.273. The van der Waals surface area contributed by atoms with Gasteiger partial charge < -0.3 is 30.5 Å². The van der Waals surface area contributed by atoms with Gasteiger partial charge in [0.25, 0.3) is 0 Å². The topological polar surface area (TPSA) is 138 Å². The Labute approximate surface area is 177 Å². The van der Waals surface area contributed by atoms with E-state index in [1.165, 1.54) is 31.2 Å². The van der Waals surface area contributed by atoms with Crippen molar-refractivity contribution in [2.24, 2.45) is 11.5 Å². The first-order valence-electron chi connectivity index (χ1n) is 9.49. The number of halogens is 1. The smallest absolute Gasteiger partial charge is 0.412 e. The first-order chi connectivity index (χ1) is 14.4. The Kier molecular flexibility index (Phi) is 6.01. The summed E-state index contributed by atoms with van der Waals surface area (Å²) < 4.78 is 29.7. The number of fused-ring (bicyclic) bond motifs is 1. The lowest BCUT2D eigenvalue weighted by atomic mass is 10.00. The van der Waals surface area contributed by atoms with Crippen LogP contribution < -0.4 is 16.2 Å². The molecule has 0 bridgehead atoms. The number of hydrogen-bond acceptors (Lipinski definition) is 7. The Morgan fingerprint density at radius 1 is 1.23 bits per heavy atom. The molecule has 0 aliphatic heterocycles. The molecule has 1 aromatic heterocycles. The van der Waals surface area contributed by atoms with Crippen molar-refractivity contribution in [3.8, 4) is 17.1 Å². The van der Waals surface area contributed by atoms with Crippen molar-refractivity contribution < 1.29 is 33.0 Å². The van der Waals surface area contributed by atoms with Crippen LogP contribution in [0.1, 0.15) is 36.7 Å². The van der Waals surface area contributed by atoms with Gasteiger partial charge in [0.05, 0.1) is 6.10 Å². The van der Waals surface area contributed by atoms with Gasteiger partial charge >= 0.3 is 12.1 Å². The third kappa shape index (κ3) is 5.19. The lowest BCUT2D eigenvalue weighted by Gasteiger charge is -2.20. The monoisotopic (exact) mass is 430 g/mol. The number of hydrogen-bond donors (Lipinski definition) is 3. The summed E-state index contributed by atoms with van der Waals surface area (Å²) >= 11 is 0. The predicted octanol–water partition coefficient (Wildman–Crippen LogP) is 3.47. The second kappa shape index (κ2) is 8.37. The van der Waals surface area contributed by atoms with E-state index in [1.807, 2.05) is 13.8 Å². The van der Waals surface area contributed by atoms with E-state index in [-0.39, 0.29) is 29.4 Å². The van der Waals surface area contributed by atoms with Crippen LogP contribution in [0.2, 0.25) is 0 Å². The number of ether oxygens (including phenoxy) is 2. The number of carbonyl (C=O) groups is 2. The molecule has 8 nitrogen and oxygen atoms in total. The minimum atomic E-state index is -1.52. The molecule has 5 N–H and O–H groups in total. The van der Waals surface area contributed by atoms with Crippen LogP contribution in [-0.2, 0) is 11.2 Å². The fourth-order valence-electron chi connectivity index (χ4n) is 3.20. The van der Waals surface area contributed by atoms with Crippen LogP contribution in [0.5, 0.6) is 5.75 Å². The largest absolute Gasteiger partial charge is 0.491 e. The van der Waals surface area contributed by atoms with Crippen LogP contribution in [0.4, 0.5) is 9.18 Å². The van der Waals surface area contributed by atoms with Crippen molar-refractivity contribution in [2.45, 2.75) is 39.0 Å². The molecule has 0 spiro atoms. The Morgan fingerprint density at radius 3 is 2.42 bits per heavy atom. The van der Waals surface area contributed by atoms with Gasteiger partial charge in [-0.1, -0.05) is 0 Å². The highest BCUT2D eigenvalue weighted by Gasteiger charge is 2.27. The van der Waals surface area contributed by atoms with Crippen molar-refractivity contribution in [3.63, 3.8) is 0 Å². The third-order valence-electron chi connectivity index (χ3n) is 4.29. The van der Waals surface area contributed by atoms with Gasteiger partial charge in [-0.05, 0) is 57.2 Å². The molecule has 2 aromatic carbocycles. The van der Waals surface area contributed by atoms with Crippen LogP contribution in [0.15, 0.2) is 40.8 Å². The standard InChI is InChI=1S/C22H23FN2O6/c1-11(2)29-16-9-15-17(8-13(16)10-22(3,25)28)30-19(12-4-6-14(23)7-5-12)18(15)20(26)31-21(24)27/h4-9,11,28H,10,25H2,1-3H3,(H2,24,27). The Balaban J connectivity index is 2.28. The van der Waals surface area contributed by atoms with Crippen molar-refractivity contribution in [2.75, 3.05) is 0 Å². The molecule has 1 atom stereocenters. The summed E-state index contributed by atoms with van der Waals surface area (Å²) in [4.78, 5) is 23.9. The van der Waals surface area contributed by atoms with E-state index in [2.05, 4.69) is 4.74 Å². The van der Waals surface area contributed by atoms with Gasteiger partial charge in [0.15, 0.2) is 0 Å². The molecule has 3 rings (SSSR count). The molecular formula is C22H23FN2O6. The minimum Gasteiger partial charge on any atom is -0.491 e. The molecule has 1 unspecified atom stereocenters. The fourth-order valence-corrected chi connectivity index (χ4v) is 3.20. The summed E-state index contributed by atoms with van der Waals surface area (Å²) in [5, 5.41) is 10.4. The first kappa shape index (κ1) is 22.3. The highest BCUT2D eigenvalue weighted by atomic mass is 19.1. The second-order valence-corrected chi connectivity index (χ2v) is 7.68. The number of rotatable bonds is 6. The normalized spacial score (nSPS) is 13.3. The molecule has 0 fully saturated rings. The summed E-state index contributed by atoms with van der Waals surface area (Å²) in [5.41, 5.74) is 10.4. The maximum absolute atomic E-state index is 13.4. The maximum Gasteiger partial charge on any atom is 0.412 e. The Hall–Kier alpha value is -3.43. The number of furan rings is 1. The van der Waals surface area contributed by atoms with Gasteiger partial charge in [0.2, 0.25) is 0 Å². The van der Waals surface area contributed by atoms with Gasteiger partial charge in [-0.2, -0.15) is 0 Å².